The Kier molecular flexibility index (Phi) is 4.47. The fourth-order valence-corrected chi connectivity index (χ4v) is 2.40. The van der Waals surface area contributed by atoms with Gasteiger partial charge < -0.3 is 16.6 Å². The van der Waals surface area contributed by atoms with E-state index in [2.05, 4.69) is 15.9 Å². The third kappa shape index (κ3) is 2.81. The van der Waals surface area contributed by atoms with Crippen molar-refractivity contribution in [1.29, 1.82) is 0 Å². The van der Waals surface area contributed by atoms with Gasteiger partial charge in [-0.3, -0.25) is 0 Å². The van der Waals surface area contributed by atoms with Crippen molar-refractivity contribution in [3.8, 4) is 5.75 Å². The minimum Gasteiger partial charge on any atom is -0.505 e. The number of halogens is 2. The van der Waals surface area contributed by atoms with Gasteiger partial charge in [0.2, 0.25) is 0 Å². The number of aromatic hydroxyl groups is 1. The summed E-state index contributed by atoms with van der Waals surface area (Å²) in [6, 6.07) is 3.37. The molecule has 0 aliphatic heterocycles. The van der Waals surface area contributed by atoms with Gasteiger partial charge in [0.05, 0.1) is 5.69 Å². The van der Waals surface area contributed by atoms with Crippen molar-refractivity contribution in [2.24, 2.45) is 11.7 Å². The summed E-state index contributed by atoms with van der Waals surface area (Å²) in [4.78, 5) is 0. The smallest absolute Gasteiger partial charge is 0.144 e. The molecular weight excluding hydrogens is 291 g/mol. The number of phenolic OH excluding ortho intramolecular Hbond substituents is 1. The van der Waals surface area contributed by atoms with Crippen LogP contribution in [-0.4, -0.2) is 5.11 Å². The van der Waals surface area contributed by atoms with Gasteiger partial charge in [0, 0.05) is 16.1 Å². The maximum Gasteiger partial charge on any atom is 0.144 e. The van der Waals surface area contributed by atoms with Crippen molar-refractivity contribution in [1.82, 2.24) is 0 Å². The third-order valence-corrected chi connectivity index (χ3v) is 3.54. The second-order valence-electron chi connectivity index (χ2n) is 4.18. The van der Waals surface area contributed by atoms with E-state index in [0.717, 1.165) is 22.4 Å². The zero-order chi connectivity index (χ0) is 11.0. The highest BCUT2D eigenvalue weighted by molar-refractivity contribution is 9.10. The van der Waals surface area contributed by atoms with Gasteiger partial charge in [-0.2, -0.15) is 0 Å². The van der Waals surface area contributed by atoms with Crippen LogP contribution >= 0.6 is 28.3 Å². The lowest BCUT2D eigenvalue weighted by Crippen LogP contribution is -2.12. The van der Waals surface area contributed by atoms with Crippen LogP contribution in [-0.2, 0) is 0 Å². The largest absolute Gasteiger partial charge is 0.505 e. The molecule has 0 aromatic heterocycles. The van der Waals surface area contributed by atoms with Crippen LogP contribution in [0.25, 0.3) is 0 Å². The van der Waals surface area contributed by atoms with Gasteiger partial charge in [0.25, 0.3) is 0 Å². The molecule has 0 saturated heterocycles. The number of hydrogen-bond acceptors (Lipinski definition) is 3. The average Bonchev–Trinajstić information content (AvgIpc) is 2.96. The molecule has 1 aliphatic carbocycles. The Hall–Kier alpha value is -0.450. The predicted molar refractivity (Wildman–Crippen MR) is 71.7 cm³/mol. The second kappa shape index (κ2) is 5.25. The van der Waals surface area contributed by atoms with Crippen molar-refractivity contribution < 1.29 is 5.11 Å². The highest BCUT2D eigenvalue weighted by atomic mass is 79.9. The van der Waals surface area contributed by atoms with Crippen molar-refractivity contribution >= 4 is 34.0 Å². The molecule has 0 heterocycles. The molecule has 5 heteroatoms. The van der Waals surface area contributed by atoms with Crippen LogP contribution < -0.4 is 11.5 Å². The van der Waals surface area contributed by atoms with Crippen LogP contribution in [0.5, 0.6) is 5.75 Å². The Bertz CT molecular complexity index is 382. The molecule has 16 heavy (non-hydrogen) atoms. The number of phenols is 1. The van der Waals surface area contributed by atoms with Crippen LogP contribution in [0.2, 0.25) is 0 Å². The molecule has 1 saturated carbocycles. The van der Waals surface area contributed by atoms with Gasteiger partial charge in [-0.15, -0.1) is 12.4 Å². The maximum absolute atomic E-state index is 9.85. The van der Waals surface area contributed by atoms with Gasteiger partial charge in [-0.25, -0.2) is 0 Å². The first-order chi connectivity index (χ1) is 7.09. The zero-order valence-electron chi connectivity index (χ0n) is 8.82. The number of nitrogen functional groups attached to an aromatic ring is 1. The van der Waals surface area contributed by atoms with E-state index in [4.69, 9.17) is 11.5 Å². The number of nitrogens with two attached hydrogens (primary N) is 2. The van der Waals surface area contributed by atoms with Gasteiger partial charge in [-0.05, 0) is 24.5 Å². The Balaban J connectivity index is 0.00000128. The van der Waals surface area contributed by atoms with E-state index in [1.54, 1.807) is 6.07 Å². The summed E-state index contributed by atoms with van der Waals surface area (Å²) in [7, 11) is 0. The lowest BCUT2D eigenvalue weighted by Gasteiger charge is -2.16. The summed E-state index contributed by atoms with van der Waals surface area (Å²) in [6.07, 6.45) is 3.44. The summed E-state index contributed by atoms with van der Waals surface area (Å²) in [5.74, 6) is 0.852. The lowest BCUT2D eigenvalue weighted by molar-refractivity contribution is 0.457. The molecule has 1 fully saturated rings. The van der Waals surface area contributed by atoms with Crippen LogP contribution in [0, 0.1) is 5.92 Å². The zero-order valence-corrected chi connectivity index (χ0v) is 11.2. The highest BCUT2D eigenvalue weighted by Crippen LogP contribution is 2.42. The van der Waals surface area contributed by atoms with Crippen molar-refractivity contribution in [3.63, 3.8) is 0 Å². The molecule has 5 N–H and O–H groups in total. The predicted octanol–water partition coefficient (Wildman–Crippen LogP) is 2.96. The summed E-state index contributed by atoms with van der Waals surface area (Å²) in [5, 5.41) is 9.85. The van der Waals surface area contributed by atoms with Crippen LogP contribution in [0.1, 0.15) is 30.9 Å². The van der Waals surface area contributed by atoms with Gasteiger partial charge >= 0.3 is 0 Å². The molecule has 0 bridgehead atoms. The van der Waals surface area contributed by atoms with Crippen LogP contribution in [0.15, 0.2) is 16.6 Å². The molecule has 1 atom stereocenters. The first-order valence-electron chi connectivity index (χ1n) is 5.12. The minimum atomic E-state index is -0.129. The molecule has 2 rings (SSSR count). The molecular formula is C11H16BrClN2O. The lowest BCUT2D eigenvalue weighted by atomic mass is 10.0. The van der Waals surface area contributed by atoms with Crippen LogP contribution in [0.4, 0.5) is 5.69 Å². The molecule has 1 aromatic carbocycles. The highest BCUT2D eigenvalue weighted by Gasteiger charge is 2.27. The first-order valence-corrected chi connectivity index (χ1v) is 5.91. The van der Waals surface area contributed by atoms with E-state index >= 15 is 0 Å². The molecule has 3 nitrogen and oxygen atoms in total. The first kappa shape index (κ1) is 13.6. The number of rotatable bonds is 3. The molecule has 0 spiro atoms. The van der Waals surface area contributed by atoms with E-state index in [1.807, 2.05) is 6.07 Å². The molecule has 0 unspecified atom stereocenters. The summed E-state index contributed by atoms with van der Waals surface area (Å²) >= 11 is 3.40. The van der Waals surface area contributed by atoms with Crippen molar-refractivity contribution in [3.05, 3.63) is 22.2 Å². The SMILES string of the molecule is Cl.Nc1ccc(Br)c([C@@H](N)CC2CC2)c1O. The van der Waals surface area contributed by atoms with Crippen molar-refractivity contribution in [2.45, 2.75) is 25.3 Å². The van der Waals surface area contributed by atoms with E-state index in [1.165, 1.54) is 12.8 Å². The summed E-state index contributed by atoms with van der Waals surface area (Å²) in [6.45, 7) is 0. The number of benzene rings is 1. The quantitative estimate of drug-likeness (QED) is 0.594. The molecule has 1 aliphatic rings. The number of anilines is 1. The Labute approximate surface area is 110 Å². The molecule has 1 aromatic rings. The third-order valence-electron chi connectivity index (χ3n) is 2.85. The van der Waals surface area contributed by atoms with Gasteiger partial charge in [0.15, 0.2) is 0 Å². The van der Waals surface area contributed by atoms with E-state index in [0.29, 0.717) is 5.69 Å². The molecule has 0 amide bonds. The van der Waals surface area contributed by atoms with E-state index in [-0.39, 0.29) is 24.2 Å². The Morgan fingerprint density at radius 2 is 2.06 bits per heavy atom. The van der Waals surface area contributed by atoms with E-state index in [9.17, 15) is 5.11 Å². The normalized spacial score (nSPS) is 16.6. The second-order valence-corrected chi connectivity index (χ2v) is 5.04. The summed E-state index contributed by atoms with van der Waals surface area (Å²) < 4.78 is 0.836. The fraction of sp³-hybridized carbons (Fsp3) is 0.455. The molecule has 90 valence electrons. The molecule has 0 radical (unpaired) electrons. The van der Waals surface area contributed by atoms with E-state index < -0.39 is 0 Å². The minimum absolute atomic E-state index is 0. The Morgan fingerprint density at radius 1 is 1.44 bits per heavy atom. The standard InChI is InChI=1S/C11H15BrN2O.ClH/c12-7-3-4-8(13)11(15)10(7)9(14)5-6-1-2-6;/h3-4,6,9,15H,1-2,5,13-14H2;1H/t9-;/m0./s1. The van der Waals surface area contributed by atoms with Gasteiger partial charge in [0.1, 0.15) is 5.75 Å². The van der Waals surface area contributed by atoms with Crippen LogP contribution in [0.3, 0.4) is 0 Å². The maximum atomic E-state index is 9.85. The topological polar surface area (TPSA) is 72.3 Å². The van der Waals surface area contributed by atoms with Gasteiger partial charge in [-0.1, -0.05) is 28.8 Å². The van der Waals surface area contributed by atoms with Crippen molar-refractivity contribution in [2.75, 3.05) is 5.73 Å². The Morgan fingerprint density at radius 3 is 2.62 bits per heavy atom. The summed E-state index contributed by atoms with van der Waals surface area (Å²) in [5.41, 5.74) is 12.8. The monoisotopic (exact) mass is 306 g/mol. The average molecular weight is 308 g/mol. The fourth-order valence-electron chi connectivity index (χ4n) is 1.78. The number of hydrogen-bond donors (Lipinski definition) is 3.